The van der Waals surface area contributed by atoms with Crippen molar-refractivity contribution in [2.45, 2.75) is 58.6 Å². The molecule has 0 spiro atoms. The molecule has 0 radical (unpaired) electrons. The van der Waals surface area contributed by atoms with Crippen molar-refractivity contribution in [2.75, 3.05) is 13.2 Å². The van der Waals surface area contributed by atoms with Crippen molar-refractivity contribution in [3.63, 3.8) is 0 Å². The Morgan fingerprint density at radius 3 is 2.71 bits per heavy atom. The fourth-order valence-corrected chi connectivity index (χ4v) is 3.80. The average molecular weight is 423 g/mol. The summed E-state index contributed by atoms with van der Waals surface area (Å²) in [6.45, 7) is 5.53. The molecule has 1 aliphatic heterocycles. The van der Waals surface area contributed by atoms with E-state index >= 15 is 0 Å². The predicted octanol–water partition coefficient (Wildman–Crippen LogP) is 3.53. The van der Waals surface area contributed by atoms with E-state index in [0.717, 1.165) is 42.9 Å². The van der Waals surface area contributed by atoms with Crippen molar-refractivity contribution < 1.29 is 14.3 Å². The quantitative estimate of drug-likeness (QED) is 0.379. The number of ether oxygens (including phenoxy) is 1. The number of rotatable bonds is 9. The topological polar surface area (TPSA) is 97.0 Å². The van der Waals surface area contributed by atoms with E-state index < -0.39 is 17.6 Å². The number of imidazole rings is 1. The monoisotopic (exact) mass is 422 g/mol. The zero-order valence-electron chi connectivity index (χ0n) is 18.3. The van der Waals surface area contributed by atoms with Crippen molar-refractivity contribution in [2.24, 2.45) is 5.92 Å². The van der Waals surface area contributed by atoms with Gasteiger partial charge in [-0.3, -0.25) is 9.59 Å². The van der Waals surface area contributed by atoms with E-state index in [1.807, 2.05) is 50.2 Å². The normalized spacial score (nSPS) is 14.4. The predicted molar refractivity (Wildman–Crippen MR) is 117 cm³/mol. The molecule has 31 heavy (non-hydrogen) atoms. The van der Waals surface area contributed by atoms with Crippen LogP contribution in [-0.2, 0) is 22.5 Å². The number of carbonyl (C=O) groups is 2. The van der Waals surface area contributed by atoms with Crippen molar-refractivity contribution in [1.82, 2.24) is 14.9 Å². The van der Waals surface area contributed by atoms with Crippen LogP contribution in [0.4, 0.5) is 0 Å². The molecule has 0 fully saturated rings. The molecule has 1 aliphatic rings. The van der Waals surface area contributed by atoms with Gasteiger partial charge in [0.1, 0.15) is 11.5 Å². The summed E-state index contributed by atoms with van der Waals surface area (Å²) >= 11 is 0. The van der Waals surface area contributed by atoms with Crippen LogP contribution in [0.2, 0.25) is 0 Å². The zero-order valence-corrected chi connectivity index (χ0v) is 18.3. The fourth-order valence-electron chi connectivity index (χ4n) is 3.80. The number of amides is 1. The van der Waals surface area contributed by atoms with E-state index in [9.17, 15) is 14.9 Å². The largest absolute Gasteiger partial charge is 0.379 e. The molecule has 1 amide bonds. The molecule has 0 saturated heterocycles. The summed E-state index contributed by atoms with van der Waals surface area (Å²) in [6, 6.07) is 11.6. The molecule has 7 nitrogen and oxygen atoms in total. The molecule has 7 heteroatoms. The van der Waals surface area contributed by atoms with E-state index in [2.05, 4.69) is 14.9 Å². The van der Waals surface area contributed by atoms with Crippen molar-refractivity contribution >= 4 is 11.7 Å². The first-order valence-electron chi connectivity index (χ1n) is 11.0. The lowest BCUT2D eigenvalue weighted by atomic mass is 9.99. The Morgan fingerprint density at radius 1 is 1.23 bits per heavy atom. The Kier molecular flexibility index (Phi) is 7.96. The maximum atomic E-state index is 13.2. The maximum Gasteiger partial charge on any atom is 0.245 e. The summed E-state index contributed by atoms with van der Waals surface area (Å²) in [7, 11) is 0. The standard InChI is InChI=1S/C24H30N4O3/c1-17(2)31-15-9-13-26-24(30)19(16-25)22(29)21-20-12-7-4-8-14-28(20)23(27-21)18-10-5-3-6-11-18/h3,5-6,10-11,17,19H,4,7-9,12-15H2,1-2H3,(H,26,30). The van der Waals surface area contributed by atoms with Gasteiger partial charge in [-0.25, -0.2) is 4.98 Å². The molecule has 164 valence electrons. The summed E-state index contributed by atoms with van der Waals surface area (Å²) in [4.78, 5) is 30.5. The smallest absolute Gasteiger partial charge is 0.245 e. The average Bonchev–Trinajstić information content (AvgIpc) is 2.95. The second-order valence-corrected chi connectivity index (χ2v) is 8.05. The summed E-state index contributed by atoms with van der Waals surface area (Å²) < 4.78 is 7.54. The van der Waals surface area contributed by atoms with E-state index in [1.54, 1.807) is 0 Å². The van der Waals surface area contributed by atoms with Crippen molar-refractivity contribution in [1.29, 1.82) is 5.26 Å². The molecule has 1 atom stereocenters. The molecular formula is C24H30N4O3. The van der Waals surface area contributed by atoms with Gasteiger partial charge in [0.25, 0.3) is 0 Å². The summed E-state index contributed by atoms with van der Waals surface area (Å²) in [5, 5.41) is 12.3. The lowest BCUT2D eigenvalue weighted by Crippen LogP contribution is -2.36. The number of hydrogen-bond acceptors (Lipinski definition) is 5. The van der Waals surface area contributed by atoms with Gasteiger partial charge >= 0.3 is 0 Å². The summed E-state index contributed by atoms with van der Waals surface area (Å²) in [5.74, 6) is -1.78. The molecule has 0 bridgehead atoms. The minimum absolute atomic E-state index is 0.124. The molecule has 2 aromatic rings. The Labute approximate surface area is 183 Å². The Balaban J connectivity index is 1.80. The van der Waals surface area contributed by atoms with Gasteiger partial charge < -0.3 is 14.6 Å². The highest BCUT2D eigenvalue weighted by Gasteiger charge is 2.33. The van der Waals surface area contributed by atoms with Crippen LogP contribution < -0.4 is 5.32 Å². The first-order valence-corrected chi connectivity index (χ1v) is 11.0. The summed E-state index contributed by atoms with van der Waals surface area (Å²) in [5.41, 5.74) is 2.01. The number of Topliss-reactive ketones (excluding diaryl/α,β-unsaturated/α-hetero) is 1. The van der Waals surface area contributed by atoms with Crippen LogP contribution in [0.3, 0.4) is 0 Å². The molecule has 1 N–H and O–H groups in total. The first-order chi connectivity index (χ1) is 15.0. The van der Waals surface area contributed by atoms with E-state index in [1.165, 1.54) is 0 Å². The minimum atomic E-state index is -1.41. The Bertz CT molecular complexity index is 944. The SMILES string of the molecule is CC(C)OCCCNC(=O)C(C#N)C(=O)c1nc(-c2ccccc2)n2c1CCCCC2. The molecule has 1 unspecified atom stereocenters. The number of nitriles is 1. The number of nitrogens with zero attached hydrogens (tertiary/aromatic N) is 3. The molecule has 2 heterocycles. The summed E-state index contributed by atoms with van der Waals surface area (Å²) in [6.07, 6.45) is 4.50. The third-order valence-corrected chi connectivity index (χ3v) is 5.36. The Morgan fingerprint density at radius 2 is 2.00 bits per heavy atom. The molecule has 0 aliphatic carbocycles. The number of aromatic nitrogens is 2. The van der Waals surface area contributed by atoms with Gasteiger partial charge in [-0.2, -0.15) is 5.26 Å². The zero-order chi connectivity index (χ0) is 22.2. The number of fused-ring (bicyclic) bond motifs is 1. The highest BCUT2D eigenvalue weighted by atomic mass is 16.5. The Hall–Kier alpha value is -2.98. The van der Waals surface area contributed by atoms with Gasteiger partial charge in [0.05, 0.1) is 12.2 Å². The second-order valence-electron chi connectivity index (χ2n) is 8.05. The van der Waals surface area contributed by atoms with E-state index in [-0.39, 0.29) is 11.8 Å². The first kappa shape index (κ1) is 22.7. The van der Waals surface area contributed by atoms with Crippen LogP contribution >= 0.6 is 0 Å². The maximum absolute atomic E-state index is 13.2. The molecule has 0 saturated carbocycles. The number of hydrogen-bond donors (Lipinski definition) is 1. The number of nitrogens with one attached hydrogen (secondary N) is 1. The highest BCUT2D eigenvalue weighted by Crippen LogP contribution is 2.28. The van der Waals surface area contributed by atoms with Gasteiger partial charge in [-0.05, 0) is 39.5 Å². The van der Waals surface area contributed by atoms with Crippen LogP contribution in [0.1, 0.15) is 55.7 Å². The number of ketones is 1. The van der Waals surface area contributed by atoms with Crippen LogP contribution in [0.15, 0.2) is 30.3 Å². The lowest BCUT2D eigenvalue weighted by Gasteiger charge is -2.11. The third-order valence-electron chi connectivity index (χ3n) is 5.36. The van der Waals surface area contributed by atoms with Gasteiger partial charge in [0.2, 0.25) is 11.7 Å². The van der Waals surface area contributed by atoms with Crippen LogP contribution in [0, 0.1) is 17.2 Å². The molecule has 3 rings (SSSR count). The van der Waals surface area contributed by atoms with Gasteiger partial charge in [-0.1, -0.05) is 36.8 Å². The number of carbonyl (C=O) groups excluding carboxylic acids is 2. The third kappa shape index (κ3) is 5.59. The van der Waals surface area contributed by atoms with Crippen molar-refractivity contribution in [3.05, 3.63) is 41.7 Å². The van der Waals surface area contributed by atoms with Crippen LogP contribution in [-0.4, -0.2) is 40.5 Å². The van der Waals surface area contributed by atoms with Crippen LogP contribution in [0.5, 0.6) is 0 Å². The second kappa shape index (κ2) is 10.9. The lowest BCUT2D eigenvalue weighted by molar-refractivity contribution is -0.122. The van der Waals surface area contributed by atoms with Crippen LogP contribution in [0.25, 0.3) is 11.4 Å². The van der Waals surface area contributed by atoms with Gasteiger partial charge in [-0.15, -0.1) is 0 Å². The van der Waals surface area contributed by atoms with E-state index in [4.69, 9.17) is 4.74 Å². The molecule has 1 aromatic heterocycles. The van der Waals surface area contributed by atoms with Gasteiger partial charge in [0, 0.05) is 31.0 Å². The van der Waals surface area contributed by atoms with Gasteiger partial charge in [0.15, 0.2) is 5.92 Å². The fraction of sp³-hybridized carbons (Fsp3) is 0.500. The number of benzene rings is 1. The van der Waals surface area contributed by atoms with E-state index in [0.29, 0.717) is 26.0 Å². The van der Waals surface area contributed by atoms with Crippen molar-refractivity contribution in [3.8, 4) is 17.5 Å². The highest BCUT2D eigenvalue weighted by molar-refractivity contribution is 6.12. The molecular weight excluding hydrogens is 392 g/mol. The minimum Gasteiger partial charge on any atom is -0.379 e. The molecule has 1 aromatic carbocycles.